The van der Waals surface area contributed by atoms with Gasteiger partial charge in [0.25, 0.3) is 6.29 Å². The van der Waals surface area contributed by atoms with Crippen LogP contribution in [0.4, 0.5) is 0 Å². The number of ether oxygens (including phenoxy) is 4. The van der Waals surface area contributed by atoms with Crippen LogP contribution in [0.1, 0.15) is 361 Å². The molecule has 0 bridgehead atoms. The van der Waals surface area contributed by atoms with Crippen molar-refractivity contribution in [3.05, 3.63) is 158 Å². The van der Waals surface area contributed by atoms with Crippen LogP contribution >= 0.6 is 0 Å². The summed E-state index contributed by atoms with van der Waals surface area (Å²) in [5.74, 6) is -2.04. The molecule has 0 aromatic heterocycles. The highest BCUT2D eigenvalue weighted by Crippen LogP contribution is 2.19. The Hall–Kier alpha value is -5.09. The minimum absolute atomic E-state index is 0.176. The van der Waals surface area contributed by atoms with E-state index in [4.69, 9.17) is 18.9 Å². The van der Waals surface area contributed by atoms with Gasteiger partial charge in [-0.2, -0.15) is 0 Å². The number of allylic oxidation sites excluding steroid dienone is 26. The first-order chi connectivity index (χ1) is 50.6. The molecule has 103 heavy (non-hydrogen) atoms. The lowest BCUT2D eigenvalue weighted by Gasteiger charge is -2.25. The van der Waals surface area contributed by atoms with Crippen molar-refractivity contribution >= 4 is 17.9 Å². The average Bonchev–Trinajstić information content (AvgIpc) is 1.01. The van der Waals surface area contributed by atoms with Crippen LogP contribution < -0.4 is 0 Å². The summed E-state index contributed by atoms with van der Waals surface area (Å²) in [6.07, 6.45) is 120. The van der Waals surface area contributed by atoms with Gasteiger partial charge in [0, 0.05) is 12.8 Å². The fourth-order valence-electron chi connectivity index (χ4n) is 11.8. The predicted octanol–water partition coefficient (Wildman–Crippen LogP) is 27.9. The van der Waals surface area contributed by atoms with Crippen molar-refractivity contribution in [2.24, 2.45) is 0 Å². The summed E-state index contributed by atoms with van der Waals surface area (Å²) < 4.78 is 23.0. The Morgan fingerprint density at radius 1 is 0.301 bits per heavy atom. The number of hydrogen-bond acceptors (Lipinski definition) is 7. The molecule has 0 aromatic carbocycles. The Balaban J connectivity index is 4.10. The lowest BCUT2D eigenvalue weighted by molar-refractivity contribution is -0.870. The highest BCUT2D eigenvalue weighted by Gasteiger charge is 2.25. The molecule has 0 saturated heterocycles. The van der Waals surface area contributed by atoms with Crippen LogP contribution in [0.2, 0.25) is 0 Å². The first-order valence-corrected chi connectivity index (χ1v) is 42.6. The number of hydrogen-bond donors (Lipinski definition) is 1. The fraction of sp³-hybridized carbons (Fsp3) is 0.691. The van der Waals surface area contributed by atoms with E-state index in [1.807, 2.05) is 21.1 Å². The van der Waals surface area contributed by atoms with Gasteiger partial charge >= 0.3 is 17.9 Å². The predicted molar refractivity (Wildman–Crippen MR) is 447 cm³/mol. The smallest absolute Gasteiger partial charge is 0.361 e. The Labute approximate surface area is 635 Å². The minimum Gasteiger partial charge on any atom is -0.477 e. The highest BCUT2D eigenvalue weighted by molar-refractivity contribution is 5.71. The van der Waals surface area contributed by atoms with Gasteiger partial charge in [0.2, 0.25) is 0 Å². The number of esters is 2. The zero-order valence-electron chi connectivity index (χ0n) is 67.4. The summed E-state index contributed by atoms with van der Waals surface area (Å²) in [5.41, 5.74) is 0. The molecular formula is C94H160NO8+. The quantitative estimate of drug-likeness (QED) is 0.0211. The van der Waals surface area contributed by atoms with E-state index in [0.29, 0.717) is 23.9 Å². The van der Waals surface area contributed by atoms with E-state index in [2.05, 4.69) is 172 Å². The molecule has 0 saturated carbocycles. The van der Waals surface area contributed by atoms with Gasteiger partial charge < -0.3 is 28.5 Å². The molecule has 0 spiro atoms. The van der Waals surface area contributed by atoms with E-state index in [-0.39, 0.29) is 32.2 Å². The maximum atomic E-state index is 13.0. The van der Waals surface area contributed by atoms with Crippen molar-refractivity contribution in [3.8, 4) is 0 Å². The van der Waals surface area contributed by atoms with Crippen LogP contribution in [-0.2, 0) is 33.3 Å². The van der Waals surface area contributed by atoms with Crippen LogP contribution in [0.15, 0.2) is 158 Å². The first kappa shape index (κ1) is 97.9. The summed E-state index contributed by atoms with van der Waals surface area (Å²) in [7, 11) is 5.97. The standard InChI is InChI=1S/C94H159NO8/c1-6-8-10-12-14-16-18-20-22-24-26-28-30-32-34-36-38-40-42-44-45-46-47-49-51-53-55-57-59-61-63-65-67-69-71-73-75-77-79-81-83-85-92(97)103-90(89-102-94(93(98)99)100-87-86-95(3,4)5)88-101-91(96)84-82-80-78-76-74-72-70-68-66-64-62-60-58-56-54-52-50-48-43-41-39-37-35-33-31-29-27-25-23-21-19-17-15-13-11-9-7-2/h8,10,14,16,20,22,25-28,32,34,38,40,44-45,47,49,53,55,59,61,65,67,71,73,90,94H,6-7,9,11-13,15,17-19,21,23-24,29-31,33,35-37,39,41-43,46,48,50-52,54,56-58,60,62-64,66,68-70,72,74-89H2,1-5H3/p+1/b10-8-,16-14-,22-20-,27-25-,28-26-,34-32-,40-38-,45-44-,49-47-,55-53-,61-59-,67-65-,73-71-. The van der Waals surface area contributed by atoms with E-state index in [9.17, 15) is 19.5 Å². The number of unbranched alkanes of at least 4 members (excludes halogenated alkanes) is 37. The Morgan fingerprint density at radius 3 is 0.835 bits per heavy atom. The van der Waals surface area contributed by atoms with Crippen molar-refractivity contribution in [1.29, 1.82) is 0 Å². The van der Waals surface area contributed by atoms with Crippen molar-refractivity contribution in [2.75, 3.05) is 47.5 Å². The maximum Gasteiger partial charge on any atom is 0.361 e. The molecule has 0 amide bonds. The van der Waals surface area contributed by atoms with E-state index in [0.717, 1.165) is 122 Å². The third-order valence-corrected chi connectivity index (χ3v) is 18.3. The summed E-state index contributed by atoms with van der Waals surface area (Å²) in [4.78, 5) is 37.8. The van der Waals surface area contributed by atoms with Gasteiger partial charge in [0.15, 0.2) is 6.10 Å². The number of rotatable bonds is 78. The summed E-state index contributed by atoms with van der Waals surface area (Å²) in [6, 6.07) is 0. The van der Waals surface area contributed by atoms with Crippen LogP contribution in [0.3, 0.4) is 0 Å². The average molecular weight is 1430 g/mol. The Bertz CT molecular complexity index is 2270. The molecule has 0 rings (SSSR count). The molecule has 1 N–H and O–H groups in total. The number of carboxylic acid groups (broad SMARTS) is 1. The largest absolute Gasteiger partial charge is 0.477 e. The lowest BCUT2D eigenvalue weighted by atomic mass is 10.0. The topological polar surface area (TPSA) is 108 Å². The van der Waals surface area contributed by atoms with E-state index < -0.39 is 24.3 Å². The van der Waals surface area contributed by atoms with Crippen molar-refractivity contribution < 1.29 is 42.9 Å². The molecule has 2 unspecified atom stereocenters. The zero-order valence-corrected chi connectivity index (χ0v) is 67.4. The van der Waals surface area contributed by atoms with E-state index >= 15 is 0 Å². The molecule has 9 heteroatoms. The number of carboxylic acids is 1. The molecule has 0 aliphatic rings. The molecule has 0 aliphatic carbocycles. The second kappa shape index (κ2) is 82.6. The number of likely N-dealkylation sites (N-methyl/N-ethyl adjacent to an activating group) is 1. The normalized spacial score (nSPS) is 13.4. The molecule has 9 nitrogen and oxygen atoms in total. The number of aliphatic carboxylic acids is 1. The fourth-order valence-corrected chi connectivity index (χ4v) is 11.8. The number of nitrogens with zero attached hydrogens (tertiary/aromatic N) is 1. The second-order valence-electron chi connectivity index (χ2n) is 29.4. The number of quaternary nitrogens is 1. The number of carbonyl (C=O) groups excluding carboxylic acids is 2. The molecular weight excluding hydrogens is 1270 g/mol. The van der Waals surface area contributed by atoms with Crippen molar-refractivity contribution in [3.63, 3.8) is 0 Å². The van der Waals surface area contributed by atoms with Crippen LogP contribution in [0.25, 0.3) is 0 Å². The van der Waals surface area contributed by atoms with Gasteiger partial charge in [-0.15, -0.1) is 0 Å². The van der Waals surface area contributed by atoms with Gasteiger partial charge in [-0.25, -0.2) is 4.79 Å². The Morgan fingerprint density at radius 2 is 0.553 bits per heavy atom. The van der Waals surface area contributed by atoms with Gasteiger partial charge in [-0.3, -0.25) is 9.59 Å². The third kappa shape index (κ3) is 84.1. The minimum atomic E-state index is -1.53. The molecule has 0 aliphatic heterocycles. The third-order valence-electron chi connectivity index (χ3n) is 18.3. The van der Waals surface area contributed by atoms with Crippen molar-refractivity contribution in [2.45, 2.75) is 373 Å². The van der Waals surface area contributed by atoms with Gasteiger partial charge in [-0.05, 0) is 128 Å². The zero-order chi connectivity index (χ0) is 74.6. The molecule has 0 fully saturated rings. The molecule has 0 heterocycles. The van der Waals surface area contributed by atoms with Gasteiger partial charge in [-0.1, -0.05) is 377 Å². The maximum absolute atomic E-state index is 13.0. The van der Waals surface area contributed by atoms with Crippen LogP contribution in [0, 0.1) is 0 Å². The molecule has 0 aromatic rings. The van der Waals surface area contributed by atoms with Gasteiger partial charge in [0.05, 0.1) is 34.4 Å². The molecule has 588 valence electrons. The SMILES string of the molecule is CC/C=C\C/C=C\C/C=C\C/C=C\C/C=C\C/C=C\C/C=C\C/C=C\C/C=C\C/C=C\C/C=C\C/C=C\CCCCCCC(=O)OC(COC(=O)CCCCCCCCCCCCCCCCCCCCCCCCCCC/C=C\CCCCCCCCCC)COC(OCC[N+](C)(C)C)C(=O)O. The molecule has 0 radical (unpaired) electrons. The van der Waals surface area contributed by atoms with Crippen molar-refractivity contribution in [1.82, 2.24) is 0 Å². The lowest BCUT2D eigenvalue weighted by Crippen LogP contribution is -2.40. The summed E-state index contributed by atoms with van der Waals surface area (Å²) in [6.45, 7) is 4.76. The van der Waals surface area contributed by atoms with Crippen LogP contribution in [-0.4, -0.2) is 87.4 Å². The van der Waals surface area contributed by atoms with Gasteiger partial charge in [0.1, 0.15) is 13.2 Å². The van der Waals surface area contributed by atoms with E-state index in [1.165, 1.54) is 205 Å². The molecule has 2 atom stereocenters. The van der Waals surface area contributed by atoms with Crippen LogP contribution in [0.5, 0.6) is 0 Å². The monoisotopic (exact) mass is 1430 g/mol. The first-order valence-electron chi connectivity index (χ1n) is 42.6. The summed E-state index contributed by atoms with van der Waals surface area (Å²) in [5, 5.41) is 9.78. The van der Waals surface area contributed by atoms with E-state index in [1.54, 1.807) is 0 Å². The Kier molecular flexibility index (Phi) is 78.5. The second-order valence-corrected chi connectivity index (χ2v) is 29.4. The summed E-state index contributed by atoms with van der Waals surface area (Å²) >= 11 is 0. The number of carbonyl (C=O) groups is 3. The highest BCUT2D eigenvalue weighted by atomic mass is 16.7.